The molecule has 2 aromatic carbocycles. The summed E-state index contributed by atoms with van der Waals surface area (Å²) >= 11 is 0. The number of ketones is 1. The molecule has 0 atom stereocenters. The first-order valence-electron chi connectivity index (χ1n) is 7.37. The van der Waals surface area contributed by atoms with Crippen molar-refractivity contribution in [3.63, 3.8) is 0 Å². The third-order valence-electron chi connectivity index (χ3n) is 3.37. The second kappa shape index (κ2) is 7.03. The van der Waals surface area contributed by atoms with Crippen molar-refractivity contribution in [3.8, 4) is 11.1 Å². The molecule has 0 saturated heterocycles. The number of benzene rings is 2. The molecule has 3 nitrogen and oxygen atoms in total. The molecular weight excluding hydrogens is 276 g/mol. The van der Waals surface area contributed by atoms with Gasteiger partial charge in [-0.2, -0.15) is 0 Å². The van der Waals surface area contributed by atoms with Crippen LogP contribution < -0.4 is 0 Å². The van der Waals surface area contributed by atoms with Gasteiger partial charge in [-0.3, -0.25) is 9.59 Å². The van der Waals surface area contributed by atoms with Gasteiger partial charge < -0.3 is 4.74 Å². The second-order valence-corrected chi connectivity index (χ2v) is 5.33. The first kappa shape index (κ1) is 16.0. The molecule has 114 valence electrons. The van der Waals surface area contributed by atoms with E-state index < -0.39 is 5.97 Å². The number of hydrogen-bond donors (Lipinski definition) is 0. The maximum atomic E-state index is 12.4. The van der Waals surface area contributed by atoms with Crippen LogP contribution in [0.3, 0.4) is 0 Å². The van der Waals surface area contributed by atoms with Crippen LogP contribution in [0, 0.1) is 13.8 Å². The quantitative estimate of drug-likeness (QED) is 0.474. The van der Waals surface area contributed by atoms with E-state index in [9.17, 15) is 9.59 Å². The van der Waals surface area contributed by atoms with E-state index in [1.165, 1.54) is 0 Å². The van der Waals surface area contributed by atoms with Crippen molar-refractivity contribution < 1.29 is 14.3 Å². The molecule has 22 heavy (non-hydrogen) atoms. The number of hydrogen-bond acceptors (Lipinski definition) is 3. The van der Waals surface area contributed by atoms with Crippen molar-refractivity contribution in [1.29, 1.82) is 0 Å². The van der Waals surface area contributed by atoms with E-state index in [2.05, 4.69) is 6.07 Å². The molecule has 0 aliphatic rings. The Morgan fingerprint density at radius 2 is 1.64 bits per heavy atom. The Balaban J connectivity index is 2.38. The predicted molar refractivity (Wildman–Crippen MR) is 86.9 cm³/mol. The largest absolute Gasteiger partial charge is 0.466 e. The summed E-state index contributed by atoms with van der Waals surface area (Å²) in [4.78, 5) is 23.9. The van der Waals surface area contributed by atoms with Crippen molar-refractivity contribution in [2.24, 2.45) is 0 Å². The number of Topliss-reactive ketones (excluding diaryl/α,β-unsaturated/α-hetero) is 1. The average molecular weight is 296 g/mol. The van der Waals surface area contributed by atoms with Crippen molar-refractivity contribution in [1.82, 2.24) is 0 Å². The lowest BCUT2D eigenvalue weighted by molar-refractivity contribution is -0.141. The van der Waals surface area contributed by atoms with Crippen molar-refractivity contribution in [2.75, 3.05) is 6.61 Å². The van der Waals surface area contributed by atoms with E-state index in [4.69, 9.17) is 4.74 Å². The van der Waals surface area contributed by atoms with E-state index >= 15 is 0 Å². The number of rotatable bonds is 5. The van der Waals surface area contributed by atoms with Crippen LogP contribution >= 0.6 is 0 Å². The first-order chi connectivity index (χ1) is 10.5. The van der Waals surface area contributed by atoms with Gasteiger partial charge in [-0.25, -0.2) is 0 Å². The number of carbonyl (C=O) groups is 2. The minimum atomic E-state index is -0.484. The summed E-state index contributed by atoms with van der Waals surface area (Å²) in [5, 5.41) is 0. The summed E-state index contributed by atoms with van der Waals surface area (Å²) < 4.78 is 4.86. The van der Waals surface area contributed by atoms with Crippen molar-refractivity contribution in [2.45, 2.75) is 27.2 Å². The molecule has 2 rings (SSSR count). The minimum absolute atomic E-state index is 0.215. The van der Waals surface area contributed by atoms with Gasteiger partial charge in [-0.15, -0.1) is 0 Å². The van der Waals surface area contributed by atoms with E-state index in [-0.39, 0.29) is 18.8 Å². The van der Waals surface area contributed by atoms with E-state index in [1.807, 2.05) is 44.2 Å². The van der Waals surface area contributed by atoms with Crippen LogP contribution in [-0.2, 0) is 9.53 Å². The molecule has 0 fully saturated rings. The van der Waals surface area contributed by atoms with Crippen LogP contribution in [-0.4, -0.2) is 18.4 Å². The molecule has 0 heterocycles. The zero-order chi connectivity index (χ0) is 16.1. The van der Waals surface area contributed by atoms with Gasteiger partial charge in [-0.1, -0.05) is 53.6 Å². The Morgan fingerprint density at radius 1 is 1.00 bits per heavy atom. The van der Waals surface area contributed by atoms with Gasteiger partial charge in [0.05, 0.1) is 6.61 Å². The number of aryl methyl sites for hydroxylation is 2. The predicted octanol–water partition coefficient (Wildman–Crippen LogP) is 4.11. The van der Waals surface area contributed by atoms with Crippen LogP contribution in [0.15, 0.2) is 42.5 Å². The van der Waals surface area contributed by atoms with E-state index in [1.54, 1.807) is 13.0 Å². The van der Waals surface area contributed by atoms with Crippen LogP contribution in [0.1, 0.15) is 34.8 Å². The van der Waals surface area contributed by atoms with Crippen LogP contribution in [0.5, 0.6) is 0 Å². The van der Waals surface area contributed by atoms with Crippen molar-refractivity contribution >= 4 is 11.8 Å². The molecule has 0 radical (unpaired) electrons. The highest BCUT2D eigenvalue weighted by Gasteiger charge is 2.16. The summed E-state index contributed by atoms with van der Waals surface area (Å²) in [6, 6.07) is 13.6. The van der Waals surface area contributed by atoms with E-state index in [0.29, 0.717) is 5.56 Å². The van der Waals surface area contributed by atoms with Gasteiger partial charge >= 0.3 is 5.97 Å². The molecule has 0 saturated carbocycles. The zero-order valence-corrected chi connectivity index (χ0v) is 13.2. The third kappa shape index (κ3) is 3.82. The maximum absolute atomic E-state index is 12.4. The normalized spacial score (nSPS) is 10.3. The molecule has 0 aliphatic heterocycles. The molecular formula is C19H20O3. The molecule has 2 aromatic rings. The number of ether oxygens (including phenoxy) is 1. The Labute approximate surface area is 130 Å². The Morgan fingerprint density at radius 3 is 2.27 bits per heavy atom. The van der Waals surface area contributed by atoms with Gasteiger partial charge in [0, 0.05) is 5.56 Å². The lowest BCUT2D eigenvalue weighted by Crippen LogP contribution is -2.12. The summed E-state index contributed by atoms with van der Waals surface area (Å²) in [7, 11) is 0. The topological polar surface area (TPSA) is 43.4 Å². The highest BCUT2D eigenvalue weighted by Crippen LogP contribution is 2.26. The first-order valence-corrected chi connectivity index (χ1v) is 7.37. The van der Waals surface area contributed by atoms with E-state index in [0.717, 1.165) is 22.3 Å². The summed E-state index contributed by atoms with van der Waals surface area (Å²) in [5.41, 5.74) is 4.68. The zero-order valence-electron chi connectivity index (χ0n) is 13.2. The summed E-state index contributed by atoms with van der Waals surface area (Å²) in [5.74, 6) is -0.698. The molecule has 0 bridgehead atoms. The van der Waals surface area contributed by atoms with Gasteiger partial charge in [0.1, 0.15) is 6.42 Å². The molecule has 0 N–H and O–H groups in total. The molecule has 0 aliphatic carbocycles. The SMILES string of the molecule is CCOC(=O)CC(=O)c1ccccc1-c1cc(C)cc(C)c1. The molecule has 0 unspecified atom stereocenters. The standard InChI is InChI=1S/C19H20O3/c1-4-22-19(21)12-18(20)17-8-6-5-7-16(17)15-10-13(2)9-14(3)11-15/h5-11H,4,12H2,1-3H3. The fourth-order valence-corrected chi connectivity index (χ4v) is 2.55. The fourth-order valence-electron chi connectivity index (χ4n) is 2.55. The Bertz CT molecular complexity index is 681. The Kier molecular flexibility index (Phi) is 5.10. The van der Waals surface area contributed by atoms with Crippen LogP contribution in [0.2, 0.25) is 0 Å². The van der Waals surface area contributed by atoms with Gasteiger partial charge in [-0.05, 0) is 31.9 Å². The maximum Gasteiger partial charge on any atom is 0.313 e. The summed E-state index contributed by atoms with van der Waals surface area (Å²) in [6.07, 6.45) is -0.227. The summed E-state index contributed by atoms with van der Waals surface area (Å²) in [6.45, 7) is 6.07. The van der Waals surface area contributed by atoms with Gasteiger partial charge in [0.2, 0.25) is 0 Å². The molecule has 0 spiro atoms. The Hall–Kier alpha value is -2.42. The third-order valence-corrected chi connectivity index (χ3v) is 3.37. The van der Waals surface area contributed by atoms with Gasteiger partial charge in [0.15, 0.2) is 5.78 Å². The lowest BCUT2D eigenvalue weighted by atomic mass is 9.94. The number of carbonyl (C=O) groups excluding carboxylic acids is 2. The second-order valence-electron chi connectivity index (χ2n) is 5.33. The molecule has 3 heteroatoms. The van der Waals surface area contributed by atoms with Crippen molar-refractivity contribution in [3.05, 3.63) is 59.2 Å². The van der Waals surface area contributed by atoms with Gasteiger partial charge in [0.25, 0.3) is 0 Å². The smallest absolute Gasteiger partial charge is 0.313 e. The van der Waals surface area contributed by atoms with Crippen LogP contribution in [0.25, 0.3) is 11.1 Å². The fraction of sp³-hybridized carbons (Fsp3) is 0.263. The molecule has 0 amide bonds. The highest BCUT2D eigenvalue weighted by atomic mass is 16.5. The average Bonchev–Trinajstić information content (AvgIpc) is 2.46. The number of esters is 1. The minimum Gasteiger partial charge on any atom is -0.466 e. The monoisotopic (exact) mass is 296 g/mol. The lowest BCUT2D eigenvalue weighted by Gasteiger charge is -2.10. The van der Waals surface area contributed by atoms with Crippen LogP contribution in [0.4, 0.5) is 0 Å². The molecule has 0 aromatic heterocycles. The highest BCUT2D eigenvalue weighted by molar-refractivity contribution is 6.09.